The second kappa shape index (κ2) is 6.14. The van der Waals surface area contributed by atoms with Gasteiger partial charge in [0.25, 0.3) is 0 Å². The van der Waals surface area contributed by atoms with Gasteiger partial charge in [-0.15, -0.1) is 0 Å². The second-order valence-corrected chi connectivity index (χ2v) is 6.78. The molecule has 2 fully saturated rings. The van der Waals surface area contributed by atoms with Crippen LogP contribution in [0.5, 0.6) is 0 Å². The average Bonchev–Trinajstić information content (AvgIpc) is 3.23. The minimum absolute atomic E-state index is 0.239. The van der Waals surface area contributed by atoms with E-state index in [1.807, 2.05) is 18.3 Å². The SMILES string of the molecule is CC(C)C[C@@H](N[C@@H]1CC(=O)N(C2CC2)C1)c1ccccn1. The van der Waals surface area contributed by atoms with Crippen molar-refractivity contribution in [1.29, 1.82) is 0 Å². The van der Waals surface area contributed by atoms with E-state index in [0.717, 1.165) is 18.7 Å². The topological polar surface area (TPSA) is 45.2 Å². The summed E-state index contributed by atoms with van der Waals surface area (Å²) in [5.74, 6) is 0.917. The number of hydrogen-bond donors (Lipinski definition) is 1. The van der Waals surface area contributed by atoms with Crippen LogP contribution in [0.2, 0.25) is 0 Å². The lowest BCUT2D eigenvalue weighted by Crippen LogP contribution is -2.37. The quantitative estimate of drug-likeness (QED) is 0.874. The molecule has 114 valence electrons. The fourth-order valence-corrected chi connectivity index (χ4v) is 3.19. The summed E-state index contributed by atoms with van der Waals surface area (Å²) >= 11 is 0. The summed E-state index contributed by atoms with van der Waals surface area (Å²) in [6.07, 6.45) is 5.91. The zero-order valence-corrected chi connectivity index (χ0v) is 13.0. The first-order valence-corrected chi connectivity index (χ1v) is 8.10. The van der Waals surface area contributed by atoms with Crippen LogP contribution in [0.4, 0.5) is 0 Å². The molecular weight excluding hydrogens is 262 g/mol. The van der Waals surface area contributed by atoms with Crippen LogP contribution in [-0.4, -0.2) is 34.4 Å². The van der Waals surface area contributed by atoms with Crippen LogP contribution in [0.15, 0.2) is 24.4 Å². The van der Waals surface area contributed by atoms with Crippen LogP contribution in [0.25, 0.3) is 0 Å². The number of carbonyl (C=O) groups excluding carboxylic acids is 1. The van der Waals surface area contributed by atoms with Crippen LogP contribution in [0, 0.1) is 5.92 Å². The zero-order chi connectivity index (χ0) is 14.8. The number of pyridine rings is 1. The maximum Gasteiger partial charge on any atom is 0.224 e. The van der Waals surface area contributed by atoms with Gasteiger partial charge in [0.15, 0.2) is 0 Å². The first kappa shape index (κ1) is 14.5. The summed E-state index contributed by atoms with van der Waals surface area (Å²) in [7, 11) is 0. The summed E-state index contributed by atoms with van der Waals surface area (Å²) in [5.41, 5.74) is 1.09. The molecule has 0 bridgehead atoms. The van der Waals surface area contributed by atoms with E-state index in [1.165, 1.54) is 12.8 Å². The molecule has 1 N–H and O–H groups in total. The molecule has 1 aromatic heterocycles. The van der Waals surface area contributed by atoms with Crippen molar-refractivity contribution in [2.24, 2.45) is 5.92 Å². The van der Waals surface area contributed by atoms with Gasteiger partial charge in [0.05, 0.1) is 5.69 Å². The molecule has 0 radical (unpaired) electrons. The van der Waals surface area contributed by atoms with Crippen molar-refractivity contribution in [3.8, 4) is 0 Å². The van der Waals surface area contributed by atoms with E-state index in [0.29, 0.717) is 24.3 Å². The number of nitrogens with zero attached hydrogens (tertiary/aromatic N) is 2. The van der Waals surface area contributed by atoms with Crippen molar-refractivity contribution in [3.05, 3.63) is 30.1 Å². The van der Waals surface area contributed by atoms with Crippen molar-refractivity contribution < 1.29 is 4.79 Å². The Hall–Kier alpha value is -1.42. The number of carbonyl (C=O) groups is 1. The van der Waals surface area contributed by atoms with Crippen LogP contribution in [0.1, 0.15) is 51.3 Å². The van der Waals surface area contributed by atoms with Gasteiger partial charge in [0, 0.05) is 37.3 Å². The normalized spacial score (nSPS) is 23.9. The minimum Gasteiger partial charge on any atom is -0.338 e. The van der Waals surface area contributed by atoms with Gasteiger partial charge in [-0.2, -0.15) is 0 Å². The number of amides is 1. The maximum absolute atomic E-state index is 12.1. The highest BCUT2D eigenvalue weighted by Crippen LogP contribution is 2.31. The molecule has 1 amide bonds. The van der Waals surface area contributed by atoms with Crippen LogP contribution < -0.4 is 5.32 Å². The molecule has 0 spiro atoms. The third-order valence-electron chi connectivity index (χ3n) is 4.33. The molecule has 1 saturated carbocycles. The second-order valence-electron chi connectivity index (χ2n) is 6.78. The number of hydrogen-bond acceptors (Lipinski definition) is 3. The highest BCUT2D eigenvalue weighted by Gasteiger charge is 2.39. The molecule has 3 rings (SSSR count). The Morgan fingerprint density at radius 1 is 1.38 bits per heavy atom. The largest absolute Gasteiger partial charge is 0.338 e. The number of aromatic nitrogens is 1. The molecule has 21 heavy (non-hydrogen) atoms. The first-order valence-electron chi connectivity index (χ1n) is 8.10. The van der Waals surface area contributed by atoms with E-state index in [-0.39, 0.29) is 12.1 Å². The molecule has 2 aliphatic rings. The van der Waals surface area contributed by atoms with Gasteiger partial charge in [-0.05, 0) is 37.3 Å². The molecule has 4 heteroatoms. The number of nitrogens with one attached hydrogen (secondary N) is 1. The summed E-state index contributed by atoms with van der Waals surface area (Å²) in [5, 5.41) is 3.68. The summed E-state index contributed by atoms with van der Waals surface area (Å²) in [4.78, 5) is 18.6. The van der Waals surface area contributed by atoms with Crippen molar-refractivity contribution >= 4 is 5.91 Å². The number of likely N-dealkylation sites (tertiary alicyclic amines) is 1. The van der Waals surface area contributed by atoms with Gasteiger partial charge in [0.2, 0.25) is 5.91 Å². The van der Waals surface area contributed by atoms with Crippen molar-refractivity contribution in [2.45, 2.75) is 57.7 Å². The third-order valence-corrected chi connectivity index (χ3v) is 4.33. The zero-order valence-electron chi connectivity index (χ0n) is 13.0. The van der Waals surface area contributed by atoms with Crippen LogP contribution in [0.3, 0.4) is 0 Å². The first-order chi connectivity index (χ1) is 10.1. The standard InChI is InChI=1S/C17H25N3O/c1-12(2)9-16(15-5-3-4-8-18-15)19-13-10-17(21)20(11-13)14-6-7-14/h3-5,8,12-14,16,19H,6-7,9-11H2,1-2H3/t13-,16-/m1/s1. The van der Waals surface area contributed by atoms with Crippen molar-refractivity contribution in [1.82, 2.24) is 15.2 Å². The van der Waals surface area contributed by atoms with E-state index < -0.39 is 0 Å². The molecule has 4 nitrogen and oxygen atoms in total. The predicted octanol–water partition coefficient (Wildman–Crippen LogP) is 2.52. The molecule has 2 heterocycles. The predicted molar refractivity (Wildman–Crippen MR) is 82.7 cm³/mol. The molecule has 1 saturated heterocycles. The molecule has 1 aromatic rings. The van der Waals surface area contributed by atoms with Gasteiger partial charge >= 0.3 is 0 Å². The summed E-state index contributed by atoms with van der Waals surface area (Å²) in [6.45, 7) is 5.33. The Morgan fingerprint density at radius 3 is 2.81 bits per heavy atom. The monoisotopic (exact) mass is 287 g/mol. The molecule has 1 aliphatic heterocycles. The highest BCUT2D eigenvalue weighted by molar-refractivity contribution is 5.80. The van der Waals surface area contributed by atoms with Gasteiger partial charge < -0.3 is 10.2 Å². The Kier molecular flexibility index (Phi) is 4.24. The molecule has 0 unspecified atom stereocenters. The van der Waals surface area contributed by atoms with Gasteiger partial charge in [0.1, 0.15) is 0 Å². The molecule has 0 aromatic carbocycles. The fraction of sp³-hybridized carbons (Fsp3) is 0.647. The van der Waals surface area contributed by atoms with Gasteiger partial charge in [-0.3, -0.25) is 9.78 Å². The Bertz CT molecular complexity index is 484. The smallest absolute Gasteiger partial charge is 0.224 e. The Labute approximate surface area is 126 Å². The molecular formula is C17H25N3O. The van der Waals surface area contributed by atoms with E-state index in [9.17, 15) is 4.79 Å². The summed E-state index contributed by atoms with van der Waals surface area (Å²) < 4.78 is 0. The van der Waals surface area contributed by atoms with E-state index in [1.54, 1.807) is 0 Å². The Morgan fingerprint density at radius 2 is 2.19 bits per heavy atom. The van der Waals surface area contributed by atoms with Crippen LogP contribution in [-0.2, 0) is 4.79 Å². The summed E-state index contributed by atoms with van der Waals surface area (Å²) in [6, 6.07) is 7.10. The maximum atomic E-state index is 12.1. The van der Waals surface area contributed by atoms with Crippen molar-refractivity contribution in [2.75, 3.05) is 6.54 Å². The van der Waals surface area contributed by atoms with E-state index in [2.05, 4.69) is 35.1 Å². The van der Waals surface area contributed by atoms with Crippen molar-refractivity contribution in [3.63, 3.8) is 0 Å². The van der Waals surface area contributed by atoms with Gasteiger partial charge in [-0.1, -0.05) is 19.9 Å². The van der Waals surface area contributed by atoms with Crippen LogP contribution >= 0.6 is 0 Å². The van der Waals surface area contributed by atoms with E-state index >= 15 is 0 Å². The average molecular weight is 287 g/mol. The molecule has 1 aliphatic carbocycles. The van der Waals surface area contributed by atoms with Gasteiger partial charge in [-0.25, -0.2) is 0 Å². The fourth-order valence-electron chi connectivity index (χ4n) is 3.19. The third kappa shape index (κ3) is 3.62. The lowest BCUT2D eigenvalue weighted by Gasteiger charge is -2.24. The minimum atomic E-state index is 0.239. The lowest BCUT2D eigenvalue weighted by atomic mass is 9.99. The molecule has 2 atom stereocenters. The van der Waals surface area contributed by atoms with E-state index in [4.69, 9.17) is 0 Å². The number of rotatable bonds is 6. The Balaban J connectivity index is 1.66. The lowest BCUT2D eigenvalue weighted by molar-refractivity contribution is -0.128. The highest BCUT2D eigenvalue weighted by atomic mass is 16.2.